The largest absolute Gasteiger partial charge is 0.387 e. The fourth-order valence-electron chi connectivity index (χ4n) is 3.29. The normalized spacial score (nSPS) is 39.0. The molecule has 3 atom stereocenters. The van der Waals surface area contributed by atoms with Gasteiger partial charge in [-0.05, 0) is 12.8 Å². The van der Waals surface area contributed by atoms with Gasteiger partial charge >= 0.3 is 0 Å². The molecule has 1 saturated carbocycles. The first-order valence-electron chi connectivity index (χ1n) is 6.74. The van der Waals surface area contributed by atoms with Gasteiger partial charge in [-0.25, -0.2) is 15.0 Å². The summed E-state index contributed by atoms with van der Waals surface area (Å²) >= 11 is 0. The SMILES string of the molecule is Nc1ncnc2c1ncn2[C@@H]1O[C@]2(C[C@@H](N)C2)C(O)C1O. The lowest BCUT2D eigenvalue weighted by Crippen LogP contribution is -2.58. The monoisotopic (exact) mass is 292 g/mol. The van der Waals surface area contributed by atoms with Crippen LogP contribution in [0.5, 0.6) is 0 Å². The number of imidazole rings is 1. The van der Waals surface area contributed by atoms with E-state index in [4.69, 9.17) is 16.2 Å². The van der Waals surface area contributed by atoms with E-state index in [0.717, 1.165) is 0 Å². The van der Waals surface area contributed by atoms with E-state index in [1.165, 1.54) is 12.7 Å². The fourth-order valence-corrected chi connectivity index (χ4v) is 3.29. The summed E-state index contributed by atoms with van der Waals surface area (Å²) < 4.78 is 7.48. The van der Waals surface area contributed by atoms with Gasteiger partial charge in [0.05, 0.1) is 6.33 Å². The number of hydrogen-bond donors (Lipinski definition) is 4. The van der Waals surface area contributed by atoms with Gasteiger partial charge < -0.3 is 26.4 Å². The van der Waals surface area contributed by atoms with Crippen LogP contribution in [0.1, 0.15) is 19.1 Å². The van der Waals surface area contributed by atoms with E-state index in [2.05, 4.69) is 15.0 Å². The van der Waals surface area contributed by atoms with Crippen LogP contribution in [0.2, 0.25) is 0 Å². The predicted octanol–water partition coefficient (Wildman–Crippen LogP) is -1.48. The molecular weight excluding hydrogens is 276 g/mol. The smallest absolute Gasteiger partial charge is 0.167 e. The minimum Gasteiger partial charge on any atom is -0.387 e. The highest BCUT2D eigenvalue weighted by molar-refractivity contribution is 5.81. The number of rotatable bonds is 1. The number of aliphatic hydroxyl groups excluding tert-OH is 2. The number of ether oxygens (including phenoxy) is 1. The van der Waals surface area contributed by atoms with E-state index in [1.54, 1.807) is 4.57 Å². The van der Waals surface area contributed by atoms with Crippen molar-refractivity contribution in [3.8, 4) is 0 Å². The lowest BCUT2D eigenvalue weighted by Gasteiger charge is -2.44. The highest BCUT2D eigenvalue weighted by Crippen LogP contribution is 2.48. The lowest BCUT2D eigenvalue weighted by atomic mass is 9.72. The van der Waals surface area contributed by atoms with E-state index in [0.29, 0.717) is 24.0 Å². The Hall–Kier alpha value is -1.81. The third-order valence-corrected chi connectivity index (χ3v) is 4.39. The molecule has 0 amide bonds. The molecule has 4 rings (SSSR count). The lowest BCUT2D eigenvalue weighted by molar-refractivity contribution is -0.153. The molecule has 0 bridgehead atoms. The fraction of sp³-hybridized carbons (Fsp3) is 0.583. The topological polar surface area (TPSA) is 145 Å². The number of nitrogens with two attached hydrogens (primary N) is 2. The maximum atomic E-state index is 10.3. The standard InChI is InChI=1S/C12H16N6O3/c13-5-1-12(2-5)8(20)7(19)11(21-12)18-4-17-6-9(14)15-3-16-10(6)18/h3-5,7-8,11,19-20H,1-2,13H2,(H2,14,15,16)/t5-,7?,8?,11-,12+/m1/s1. The van der Waals surface area contributed by atoms with Gasteiger partial charge in [-0.2, -0.15) is 0 Å². The van der Waals surface area contributed by atoms with Crippen molar-refractivity contribution in [2.45, 2.75) is 42.9 Å². The van der Waals surface area contributed by atoms with Gasteiger partial charge in [0.2, 0.25) is 0 Å². The van der Waals surface area contributed by atoms with Crippen molar-refractivity contribution in [1.29, 1.82) is 0 Å². The number of aromatic nitrogens is 4. The molecule has 0 aromatic carbocycles. The molecule has 1 spiro atoms. The van der Waals surface area contributed by atoms with Crippen LogP contribution >= 0.6 is 0 Å². The molecule has 3 heterocycles. The van der Waals surface area contributed by atoms with Crippen molar-refractivity contribution >= 4 is 17.0 Å². The summed E-state index contributed by atoms with van der Waals surface area (Å²) in [6.45, 7) is 0. The molecule has 2 unspecified atom stereocenters. The first-order valence-corrected chi connectivity index (χ1v) is 6.74. The predicted molar refractivity (Wildman–Crippen MR) is 71.8 cm³/mol. The minimum absolute atomic E-state index is 0.0110. The Balaban J connectivity index is 1.74. The van der Waals surface area contributed by atoms with E-state index >= 15 is 0 Å². The van der Waals surface area contributed by atoms with E-state index in [-0.39, 0.29) is 11.9 Å². The Bertz CT molecular complexity index is 697. The second-order valence-electron chi connectivity index (χ2n) is 5.76. The number of hydrogen-bond acceptors (Lipinski definition) is 8. The second-order valence-corrected chi connectivity index (χ2v) is 5.76. The van der Waals surface area contributed by atoms with Crippen molar-refractivity contribution in [3.05, 3.63) is 12.7 Å². The van der Waals surface area contributed by atoms with Crippen LogP contribution in [0.4, 0.5) is 5.82 Å². The highest BCUT2D eigenvalue weighted by Gasteiger charge is 2.60. The van der Waals surface area contributed by atoms with Crippen molar-refractivity contribution < 1.29 is 14.9 Å². The molecule has 2 aromatic rings. The summed E-state index contributed by atoms with van der Waals surface area (Å²) in [5.74, 6) is 0.257. The second kappa shape index (κ2) is 4.10. The molecule has 1 aliphatic heterocycles. The van der Waals surface area contributed by atoms with Crippen LogP contribution in [0.15, 0.2) is 12.7 Å². The van der Waals surface area contributed by atoms with Gasteiger partial charge in [0, 0.05) is 6.04 Å². The number of nitrogens with zero attached hydrogens (tertiary/aromatic N) is 4. The van der Waals surface area contributed by atoms with Crippen LogP contribution in [0, 0.1) is 0 Å². The van der Waals surface area contributed by atoms with E-state index in [9.17, 15) is 10.2 Å². The van der Waals surface area contributed by atoms with Crippen molar-refractivity contribution in [2.24, 2.45) is 5.73 Å². The summed E-state index contributed by atoms with van der Waals surface area (Å²) in [7, 11) is 0. The van der Waals surface area contributed by atoms with Gasteiger partial charge in [-0.15, -0.1) is 0 Å². The zero-order chi connectivity index (χ0) is 14.8. The first kappa shape index (κ1) is 12.9. The Kier molecular flexibility index (Phi) is 2.52. The third-order valence-electron chi connectivity index (χ3n) is 4.39. The van der Waals surface area contributed by atoms with E-state index in [1.807, 2.05) is 0 Å². The van der Waals surface area contributed by atoms with Gasteiger partial charge in [0.1, 0.15) is 29.7 Å². The molecule has 2 aliphatic rings. The molecule has 1 saturated heterocycles. The quantitative estimate of drug-likeness (QED) is 0.498. The van der Waals surface area contributed by atoms with Crippen LogP contribution in [0.25, 0.3) is 11.2 Å². The molecule has 6 N–H and O–H groups in total. The molecule has 1 aliphatic carbocycles. The van der Waals surface area contributed by atoms with Gasteiger partial charge in [0.25, 0.3) is 0 Å². The number of anilines is 1. The van der Waals surface area contributed by atoms with Crippen molar-refractivity contribution in [2.75, 3.05) is 5.73 Å². The summed E-state index contributed by atoms with van der Waals surface area (Å²) in [5.41, 5.74) is 11.6. The number of fused-ring (bicyclic) bond motifs is 1. The maximum Gasteiger partial charge on any atom is 0.167 e. The van der Waals surface area contributed by atoms with Crippen molar-refractivity contribution in [1.82, 2.24) is 19.5 Å². The first-order chi connectivity index (χ1) is 10.0. The maximum absolute atomic E-state index is 10.3. The Morgan fingerprint density at radius 1 is 1.29 bits per heavy atom. The van der Waals surface area contributed by atoms with Crippen molar-refractivity contribution in [3.63, 3.8) is 0 Å². The average molecular weight is 292 g/mol. The molecule has 9 heteroatoms. The summed E-state index contributed by atoms with van der Waals surface area (Å²) in [6.07, 6.45) is 1.00. The molecule has 0 radical (unpaired) electrons. The zero-order valence-corrected chi connectivity index (χ0v) is 11.1. The Morgan fingerprint density at radius 3 is 2.76 bits per heavy atom. The minimum atomic E-state index is -1.08. The van der Waals surface area contributed by atoms with Crippen LogP contribution in [0.3, 0.4) is 0 Å². The molecular formula is C12H16N6O3. The summed E-state index contributed by atoms with van der Waals surface area (Å²) in [6, 6.07) is -0.0110. The van der Waals surface area contributed by atoms with Gasteiger partial charge in [-0.3, -0.25) is 4.57 Å². The average Bonchev–Trinajstić information content (AvgIpc) is 2.95. The van der Waals surface area contributed by atoms with E-state index < -0.39 is 24.0 Å². The zero-order valence-electron chi connectivity index (χ0n) is 11.1. The number of aliphatic hydroxyl groups is 2. The van der Waals surface area contributed by atoms with Crippen LogP contribution in [-0.4, -0.2) is 53.6 Å². The summed E-state index contributed by atoms with van der Waals surface area (Å²) in [5, 5.41) is 20.6. The van der Waals surface area contributed by atoms with Gasteiger partial charge in [0.15, 0.2) is 17.7 Å². The Morgan fingerprint density at radius 2 is 2.05 bits per heavy atom. The van der Waals surface area contributed by atoms with Gasteiger partial charge in [-0.1, -0.05) is 0 Å². The van der Waals surface area contributed by atoms with Crippen LogP contribution < -0.4 is 11.5 Å². The highest BCUT2D eigenvalue weighted by atomic mass is 16.6. The molecule has 21 heavy (non-hydrogen) atoms. The Labute approximate surface area is 119 Å². The third kappa shape index (κ3) is 1.62. The molecule has 2 fully saturated rings. The molecule has 112 valence electrons. The summed E-state index contributed by atoms with van der Waals surface area (Å²) in [4.78, 5) is 12.1. The molecule has 9 nitrogen and oxygen atoms in total. The molecule has 2 aromatic heterocycles. The van der Waals surface area contributed by atoms with Crippen LogP contribution in [-0.2, 0) is 4.74 Å². The number of nitrogen functional groups attached to an aromatic ring is 1.